The third-order valence-corrected chi connectivity index (χ3v) is 2.31. The Morgan fingerprint density at radius 3 is 2.59 bits per heavy atom. The summed E-state index contributed by atoms with van der Waals surface area (Å²) in [5, 5.41) is 8.65. The number of aryl methyl sites for hydroxylation is 2. The van der Waals surface area contributed by atoms with Gasteiger partial charge in [-0.1, -0.05) is 12.1 Å². The summed E-state index contributed by atoms with van der Waals surface area (Å²) >= 11 is 0. The van der Waals surface area contributed by atoms with E-state index in [1.54, 1.807) is 12.1 Å². The van der Waals surface area contributed by atoms with Crippen molar-refractivity contribution in [3.63, 3.8) is 0 Å². The minimum Gasteiger partial charge on any atom is -0.476 e. The Morgan fingerprint density at radius 2 is 2.00 bits per heavy atom. The van der Waals surface area contributed by atoms with Crippen molar-refractivity contribution in [3.05, 3.63) is 53.5 Å². The van der Waals surface area contributed by atoms with E-state index in [-0.39, 0.29) is 11.5 Å². The average molecular weight is 235 g/mol. The Bertz CT molecular complexity index is 519. The Balaban J connectivity index is 1.97. The van der Waals surface area contributed by atoms with Gasteiger partial charge in [-0.15, -0.1) is 0 Å². The first kappa shape index (κ1) is 11.3. The molecule has 0 atom stereocenters. The second kappa shape index (κ2) is 4.78. The SMILES string of the molecule is O=C(O)c1coc(CCc2ccc(F)cc2)n1. The van der Waals surface area contributed by atoms with Gasteiger partial charge in [-0.05, 0) is 24.1 Å². The Morgan fingerprint density at radius 1 is 1.29 bits per heavy atom. The van der Waals surface area contributed by atoms with Crippen LogP contribution >= 0.6 is 0 Å². The summed E-state index contributed by atoms with van der Waals surface area (Å²) in [5.74, 6) is -1.02. The van der Waals surface area contributed by atoms with E-state index in [1.165, 1.54) is 12.1 Å². The molecule has 1 heterocycles. The highest BCUT2D eigenvalue weighted by molar-refractivity contribution is 5.84. The van der Waals surface area contributed by atoms with Crippen molar-refractivity contribution < 1.29 is 18.7 Å². The second-order valence-electron chi connectivity index (χ2n) is 3.56. The summed E-state index contributed by atoms with van der Waals surface area (Å²) in [6, 6.07) is 6.12. The molecule has 0 amide bonds. The van der Waals surface area contributed by atoms with Gasteiger partial charge in [0.05, 0.1) is 0 Å². The zero-order valence-electron chi connectivity index (χ0n) is 8.89. The van der Waals surface area contributed by atoms with E-state index in [1.807, 2.05) is 0 Å². The van der Waals surface area contributed by atoms with Gasteiger partial charge >= 0.3 is 5.97 Å². The molecule has 5 heteroatoms. The largest absolute Gasteiger partial charge is 0.476 e. The van der Waals surface area contributed by atoms with Gasteiger partial charge in [-0.3, -0.25) is 0 Å². The van der Waals surface area contributed by atoms with Crippen LogP contribution in [0.15, 0.2) is 34.9 Å². The fraction of sp³-hybridized carbons (Fsp3) is 0.167. The number of benzene rings is 1. The van der Waals surface area contributed by atoms with Crippen molar-refractivity contribution in [1.82, 2.24) is 4.98 Å². The molecule has 1 aromatic heterocycles. The van der Waals surface area contributed by atoms with Crippen LogP contribution in [-0.4, -0.2) is 16.1 Å². The molecule has 0 saturated carbocycles. The summed E-state index contributed by atoms with van der Waals surface area (Å²) < 4.78 is 17.7. The molecule has 1 aromatic carbocycles. The molecule has 1 N–H and O–H groups in total. The van der Waals surface area contributed by atoms with Crippen LogP contribution in [0.5, 0.6) is 0 Å². The normalized spacial score (nSPS) is 10.4. The molecule has 0 aliphatic carbocycles. The van der Waals surface area contributed by atoms with Crippen molar-refractivity contribution >= 4 is 5.97 Å². The van der Waals surface area contributed by atoms with Crippen LogP contribution in [0.1, 0.15) is 21.9 Å². The first-order valence-corrected chi connectivity index (χ1v) is 5.07. The molecule has 0 spiro atoms. The Hall–Kier alpha value is -2.17. The first-order valence-electron chi connectivity index (χ1n) is 5.07. The topological polar surface area (TPSA) is 63.3 Å². The van der Waals surface area contributed by atoms with Crippen molar-refractivity contribution in [2.45, 2.75) is 12.8 Å². The predicted octanol–water partition coefficient (Wildman–Crippen LogP) is 2.30. The third-order valence-electron chi connectivity index (χ3n) is 2.31. The molecule has 0 bridgehead atoms. The number of nitrogens with zero attached hydrogens (tertiary/aromatic N) is 1. The lowest BCUT2D eigenvalue weighted by Gasteiger charge is -1.97. The van der Waals surface area contributed by atoms with Crippen molar-refractivity contribution in [1.29, 1.82) is 0 Å². The fourth-order valence-electron chi connectivity index (χ4n) is 1.43. The van der Waals surface area contributed by atoms with Gasteiger partial charge in [0, 0.05) is 6.42 Å². The summed E-state index contributed by atoms with van der Waals surface area (Å²) in [4.78, 5) is 14.4. The highest BCUT2D eigenvalue weighted by Gasteiger charge is 2.09. The van der Waals surface area contributed by atoms with Crippen LogP contribution in [0.3, 0.4) is 0 Å². The predicted molar refractivity (Wildman–Crippen MR) is 57.3 cm³/mol. The average Bonchev–Trinajstić information content (AvgIpc) is 2.77. The van der Waals surface area contributed by atoms with Crippen molar-refractivity contribution in [2.24, 2.45) is 0 Å². The Kier molecular flexibility index (Phi) is 3.18. The molecule has 4 nitrogen and oxygen atoms in total. The van der Waals surface area contributed by atoms with E-state index >= 15 is 0 Å². The van der Waals surface area contributed by atoms with Crippen molar-refractivity contribution in [3.8, 4) is 0 Å². The summed E-state index contributed by atoms with van der Waals surface area (Å²) in [6.07, 6.45) is 2.22. The number of carboxylic acids is 1. The van der Waals surface area contributed by atoms with Crippen LogP contribution in [0.2, 0.25) is 0 Å². The zero-order chi connectivity index (χ0) is 12.3. The summed E-state index contributed by atoms with van der Waals surface area (Å²) in [6.45, 7) is 0. The third kappa shape index (κ3) is 2.90. The van der Waals surface area contributed by atoms with Crippen LogP contribution in [-0.2, 0) is 12.8 Å². The van der Waals surface area contributed by atoms with E-state index in [0.29, 0.717) is 18.7 Å². The van der Waals surface area contributed by atoms with Crippen LogP contribution < -0.4 is 0 Å². The fourth-order valence-corrected chi connectivity index (χ4v) is 1.43. The minimum absolute atomic E-state index is 0.0980. The van der Waals surface area contributed by atoms with E-state index in [4.69, 9.17) is 9.52 Å². The van der Waals surface area contributed by atoms with Gasteiger partial charge in [0.1, 0.15) is 12.1 Å². The van der Waals surface area contributed by atoms with Gasteiger partial charge in [0.25, 0.3) is 0 Å². The minimum atomic E-state index is -1.11. The van der Waals surface area contributed by atoms with E-state index in [2.05, 4.69) is 4.98 Å². The zero-order valence-corrected chi connectivity index (χ0v) is 8.89. The summed E-state index contributed by atoms with van der Waals surface area (Å²) in [5.41, 5.74) is 0.848. The maximum atomic E-state index is 12.6. The number of carbonyl (C=O) groups is 1. The number of halogens is 1. The molecule has 0 unspecified atom stereocenters. The maximum Gasteiger partial charge on any atom is 0.357 e. The van der Waals surface area contributed by atoms with E-state index in [9.17, 15) is 9.18 Å². The van der Waals surface area contributed by atoms with Crippen molar-refractivity contribution in [2.75, 3.05) is 0 Å². The smallest absolute Gasteiger partial charge is 0.357 e. The van der Waals surface area contributed by atoms with Gasteiger partial charge in [0.15, 0.2) is 11.6 Å². The van der Waals surface area contributed by atoms with Gasteiger partial charge in [-0.25, -0.2) is 14.2 Å². The monoisotopic (exact) mass is 235 g/mol. The quantitative estimate of drug-likeness (QED) is 0.883. The lowest BCUT2D eigenvalue weighted by atomic mass is 10.1. The van der Waals surface area contributed by atoms with E-state index < -0.39 is 5.97 Å². The lowest BCUT2D eigenvalue weighted by Crippen LogP contribution is -1.97. The van der Waals surface area contributed by atoms with Gasteiger partial charge in [-0.2, -0.15) is 0 Å². The van der Waals surface area contributed by atoms with Crippen LogP contribution in [0.25, 0.3) is 0 Å². The Labute approximate surface area is 96.7 Å². The van der Waals surface area contributed by atoms with Crippen LogP contribution in [0.4, 0.5) is 4.39 Å². The summed E-state index contributed by atoms with van der Waals surface area (Å²) in [7, 11) is 0. The highest BCUT2D eigenvalue weighted by Crippen LogP contribution is 2.09. The number of rotatable bonds is 4. The molecule has 2 aromatic rings. The number of aromatic nitrogens is 1. The number of hydrogen-bond donors (Lipinski definition) is 1. The molecule has 0 saturated heterocycles. The molecular weight excluding hydrogens is 225 g/mol. The van der Waals surface area contributed by atoms with Gasteiger partial charge < -0.3 is 9.52 Å². The molecule has 2 rings (SSSR count). The molecule has 0 fully saturated rings. The molecule has 0 aliphatic rings. The van der Waals surface area contributed by atoms with E-state index in [0.717, 1.165) is 11.8 Å². The number of carboxylic acid groups (broad SMARTS) is 1. The molecule has 88 valence electrons. The maximum absolute atomic E-state index is 12.6. The molecule has 0 aliphatic heterocycles. The number of hydrogen-bond acceptors (Lipinski definition) is 3. The highest BCUT2D eigenvalue weighted by atomic mass is 19.1. The second-order valence-corrected chi connectivity index (χ2v) is 3.56. The molecule has 17 heavy (non-hydrogen) atoms. The molecular formula is C12H10FNO3. The standard InChI is InChI=1S/C12H10FNO3/c13-9-4-1-8(2-5-9)3-6-11-14-10(7-17-11)12(15)16/h1-2,4-5,7H,3,6H2,(H,15,16). The number of oxazole rings is 1. The first-order chi connectivity index (χ1) is 8.15. The van der Waals surface area contributed by atoms with Crippen LogP contribution in [0, 0.1) is 5.82 Å². The number of aromatic carboxylic acids is 1. The molecule has 0 radical (unpaired) electrons. The lowest BCUT2D eigenvalue weighted by molar-refractivity contribution is 0.0690. The van der Waals surface area contributed by atoms with Gasteiger partial charge in [0.2, 0.25) is 0 Å².